The van der Waals surface area contributed by atoms with Gasteiger partial charge in [-0.2, -0.15) is 0 Å². The molecule has 2 saturated heterocycles. The molecule has 3 aromatic heterocycles. The zero-order chi connectivity index (χ0) is 58.3. The van der Waals surface area contributed by atoms with E-state index in [4.69, 9.17) is 18.9 Å². The van der Waals surface area contributed by atoms with Crippen LogP contribution in [-0.2, 0) is 9.47 Å². The van der Waals surface area contributed by atoms with Gasteiger partial charge < -0.3 is 69.8 Å². The molecule has 10 atom stereocenters. The van der Waals surface area contributed by atoms with Crippen molar-refractivity contribution in [2.45, 2.75) is 61.4 Å². The van der Waals surface area contributed by atoms with Crippen molar-refractivity contribution in [3.63, 3.8) is 0 Å². The Morgan fingerprint density at radius 2 is 0.646 bits per heavy atom. The molecule has 11 rings (SSSR count). The molecule has 426 valence electrons. The first-order valence-electron chi connectivity index (χ1n) is 24.6. The van der Waals surface area contributed by atoms with E-state index in [0.717, 1.165) is 12.2 Å². The van der Waals surface area contributed by atoms with Gasteiger partial charge >= 0.3 is 0 Å². The van der Waals surface area contributed by atoms with Gasteiger partial charge in [0.05, 0.1) is 47.1 Å². The van der Waals surface area contributed by atoms with E-state index in [1.54, 1.807) is 0 Å². The number of benzene rings is 4. The van der Waals surface area contributed by atoms with Crippen LogP contribution in [0.5, 0.6) is 11.5 Å². The number of hydrogen-bond donors (Lipinski definition) is 10. The Kier molecular flexibility index (Phi) is 14.8. The van der Waals surface area contributed by atoms with Crippen LogP contribution in [0.15, 0.2) is 72.8 Å². The summed E-state index contributed by atoms with van der Waals surface area (Å²) >= 11 is 0. The fourth-order valence-corrected chi connectivity index (χ4v) is 9.99. The van der Waals surface area contributed by atoms with Crippen LogP contribution in [0, 0.1) is 58.2 Å². The van der Waals surface area contributed by atoms with Gasteiger partial charge in [-0.05, 0) is 84.0 Å². The molecule has 8 bridgehead atoms. The van der Waals surface area contributed by atoms with Crippen molar-refractivity contribution in [3.8, 4) is 56.0 Å². The molecule has 16 nitrogen and oxygen atoms in total. The zero-order valence-electron chi connectivity index (χ0n) is 41.3. The lowest BCUT2D eigenvalue weighted by Crippen LogP contribution is -2.60. The van der Waals surface area contributed by atoms with Crippen molar-refractivity contribution < 1.29 is 104 Å². The summed E-state index contributed by atoms with van der Waals surface area (Å²) in [4.78, 5) is 15.1. The molecule has 4 aliphatic rings. The molecular formula is C56H40F10N4O12. The average molecular weight is 1150 g/mol. The maximum atomic E-state index is 16.2. The molecule has 0 spiro atoms. The molecule has 4 aromatic carbocycles. The van der Waals surface area contributed by atoms with Crippen LogP contribution in [0.1, 0.15) is 22.8 Å². The lowest BCUT2D eigenvalue weighted by atomic mass is 9.99. The van der Waals surface area contributed by atoms with Crippen LogP contribution in [-0.4, -0.2) is 135 Å². The number of halogens is 10. The fraction of sp³-hybridized carbons (Fsp3) is 0.214. The van der Waals surface area contributed by atoms with E-state index in [2.05, 4.69) is 19.9 Å². The number of aromatic amines is 2. The zero-order valence-corrected chi connectivity index (χ0v) is 41.3. The summed E-state index contributed by atoms with van der Waals surface area (Å²) in [6.07, 6.45) is -11.9. The number of aromatic nitrogens is 4. The molecule has 4 aliphatic heterocycles. The number of aliphatic hydroxyl groups is 8. The van der Waals surface area contributed by atoms with E-state index < -0.39 is 166 Å². The first-order chi connectivity index (χ1) is 39.2. The number of hydrogen-bond acceptors (Lipinski definition) is 14. The minimum atomic E-state index is -2.47. The second kappa shape index (κ2) is 21.7. The summed E-state index contributed by atoms with van der Waals surface area (Å²) < 4.78 is 178. The second-order valence-electron chi connectivity index (χ2n) is 19.1. The van der Waals surface area contributed by atoms with Crippen molar-refractivity contribution >= 4 is 46.4 Å². The van der Waals surface area contributed by atoms with Gasteiger partial charge in [0, 0.05) is 44.3 Å². The Bertz CT molecular complexity index is 3710. The smallest absolute Gasteiger partial charge is 0.229 e. The predicted octanol–water partition coefficient (Wildman–Crippen LogP) is 7.07. The quantitative estimate of drug-likeness (QED) is 0.0374. The molecule has 0 amide bonds. The summed E-state index contributed by atoms with van der Waals surface area (Å²) in [6, 6.07) is 15.7. The highest BCUT2D eigenvalue weighted by Crippen LogP contribution is 2.43. The number of H-pyrrole nitrogens is 2. The van der Waals surface area contributed by atoms with Gasteiger partial charge in [-0.3, -0.25) is 0 Å². The van der Waals surface area contributed by atoms with Gasteiger partial charge in [-0.25, -0.2) is 53.9 Å². The van der Waals surface area contributed by atoms with Crippen molar-refractivity contribution in [1.29, 1.82) is 0 Å². The maximum Gasteiger partial charge on any atom is 0.229 e. The van der Waals surface area contributed by atoms with E-state index in [9.17, 15) is 49.6 Å². The van der Waals surface area contributed by atoms with Gasteiger partial charge in [-0.1, -0.05) is 24.3 Å². The summed E-state index contributed by atoms with van der Waals surface area (Å²) in [5, 5.41) is 81.8. The first kappa shape index (κ1) is 55.9. The van der Waals surface area contributed by atoms with Crippen molar-refractivity contribution in [2.75, 3.05) is 13.2 Å². The molecule has 0 saturated carbocycles. The van der Waals surface area contributed by atoms with E-state index in [-0.39, 0.29) is 67.2 Å². The first-order valence-corrected chi connectivity index (χ1v) is 24.6. The Hall–Kier alpha value is -8.02. The summed E-state index contributed by atoms with van der Waals surface area (Å²) in [5.41, 5.74) is -5.87. The van der Waals surface area contributed by atoms with Crippen molar-refractivity contribution in [2.24, 2.45) is 0 Å². The highest BCUT2D eigenvalue weighted by molar-refractivity contribution is 6.00. The van der Waals surface area contributed by atoms with Crippen molar-refractivity contribution in [3.05, 3.63) is 154 Å². The van der Waals surface area contributed by atoms with Gasteiger partial charge in [0.2, 0.25) is 24.2 Å². The van der Waals surface area contributed by atoms with Crippen LogP contribution in [0.25, 0.3) is 90.9 Å². The normalized spacial score (nSPS) is 23.4. The van der Waals surface area contributed by atoms with Crippen LogP contribution in [0.3, 0.4) is 0 Å². The molecule has 0 radical (unpaired) electrons. The number of ether oxygens (including phenoxy) is 4. The lowest BCUT2D eigenvalue weighted by molar-refractivity contribution is -0.277. The molecule has 0 aliphatic carbocycles. The topological polar surface area (TPSA) is 256 Å². The van der Waals surface area contributed by atoms with Crippen LogP contribution in [0.2, 0.25) is 0 Å². The Labute approximate surface area is 453 Å². The molecule has 10 N–H and O–H groups in total. The summed E-state index contributed by atoms with van der Waals surface area (Å²) in [7, 11) is 0. The summed E-state index contributed by atoms with van der Waals surface area (Å²) in [6.45, 7) is -1.55. The SMILES string of the molecule is OC[C@H]1O[C@@H](Oc2ccc(-c3c4nc(c(-c5c(F)c(F)c(F)c(F)c5F)c5ccc([nH]5)c(-c5ccc(O[C@@H]6O[C@H](CO)[C@@H](O)[C@H](O)[C@H]6O)cc5)c5ccc([nH]5)c(-c5c(F)c(F)c(F)c(F)c5F)c5nc3C=C5)C=C4)cc2)[C@H](O)[C@@H](O)[C@@H]1O. The third kappa shape index (κ3) is 9.44. The molecule has 26 heteroatoms. The second-order valence-corrected chi connectivity index (χ2v) is 19.1. The van der Waals surface area contributed by atoms with Crippen LogP contribution in [0.4, 0.5) is 43.9 Å². The third-order valence-corrected chi connectivity index (χ3v) is 14.2. The van der Waals surface area contributed by atoms with Gasteiger partial charge in [-0.15, -0.1) is 0 Å². The Morgan fingerprint density at radius 3 is 0.976 bits per heavy atom. The predicted molar refractivity (Wildman–Crippen MR) is 269 cm³/mol. The third-order valence-electron chi connectivity index (χ3n) is 14.2. The fourth-order valence-electron chi connectivity index (χ4n) is 9.99. The molecule has 7 heterocycles. The monoisotopic (exact) mass is 1150 g/mol. The number of fused-ring (bicyclic) bond motifs is 8. The number of nitrogens with one attached hydrogen (secondary N) is 2. The Balaban J connectivity index is 1.18. The standard InChI is InChI=1S/C56H40F10N4O12/c57-39-37(40(58)44(62)47(65)43(39)61)35-27-13-9-23(67-27)33(19-1-5-21(6-2-19)79-55-53(77)51(75)49(73)31(17-71)81-55)24-10-14-28(68-24)36(38-41(59)45(63)48(66)46(64)42(38)60)30-16-12-26(70-30)34(25-11-15-29(35)69-25)20-3-7-22(8-4-20)80-56-54(78)52(76)50(74)32(18-72)82-56/h1-16,31-32,49-56,67-68,71-78H,17-18H2/t31-,32-,49-,50-,51+,52+,53-,54-,55-,56-/m1/s1. The van der Waals surface area contributed by atoms with Gasteiger partial charge in [0.25, 0.3) is 0 Å². The molecule has 7 aromatic rings. The Morgan fingerprint density at radius 1 is 0.354 bits per heavy atom. The van der Waals surface area contributed by atoms with Crippen LogP contribution >= 0.6 is 0 Å². The molecular weight excluding hydrogens is 1110 g/mol. The minimum Gasteiger partial charge on any atom is -0.462 e. The van der Waals surface area contributed by atoms with E-state index >= 15 is 35.1 Å². The largest absolute Gasteiger partial charge is 0.462 e. The van der Waals surface area contributed by atoms with Gasteiger partial charge in [0.15, 0.2) is 46.5 Å². The van der Waals surface area contributed by atoms with E-state index in [0.29, 0.717) is 0 Å². The minimum absolute atomic E-state index is 0.0315. The lowest BCUT2D eigenvalue weighted by Gasteiger charge is -2.39. The number of nitrogens with zero attached hydrogens (tertiary/aromatic N) is 2. The maximum absolute atomic E-state index is 16.2. The van der Waals surface area contributed by atoms with E-state index in [1.807, 2.05) is 0 Å². The highest BCUT2D eigenvalue weighted by Gasteiger charge is 2.46. The average Bonchev–Trinajstić information content (AvgIpc) is 3.98. The number of rotatable bonds is 10. The van der Waals surface area contributed by atoms with Crippen molar-refractivity contribution in [1.82, 2.24) is 19.9 Å². The number of aliphatic hydroxyl groups excluding tert-OH is 8. The highest BCUT2D eigenvalue weighted by atomic mass is 19.2. The van der Waals surface area contributed by atoms with Crippen LogP contribution < -0.4 is 9.47 Å². The molecule has 2 fully saturated rings. The van der Waals surface area contributed by atoms with Gasteiger partial charge in [0.1, 0.15) is 60.3 Å². The molecule has 82 heavy (non-hydrogen) atoms. The van der Waals surface area contributed by atoms with E-state index in [1.165, 1.54) is 84.9 Å². The summed E-state index contributed by atoms with van der Waals surface area (Å²) in [5.74, 6) is -23.3. The molecule has 0 unspecified atom stereocenters.